The summed E-state index contributed by atoms with van der Waals surface area (Å²) in [6, 6.07) is -0.995. The van der Waals surface area contributed by atoms with Crippen molar-refractivity contribution >= 4 is 109 Å². The Labute approximate surface area is 876 Å². The molecule has 0 aromatic heterocycles. The number of rotatable bonds is 7. The fraction of sp³-hybridized carbons (Fsp3) is 0.718. The molecule has 0 saturated heterocycles. The molecule has 0 bridgehead atoms. The van der Waals surface area contributed by atoms with Crippen molar-refractivity contribution in [1.29, 1.82) is 0 Å². The molecule has 822 valence electrons. The molecule has 20 aliphatic rings. The van der Waals surface area contributed by atoms with E-state index in [0.29, 0.717) is 48.1 Å². The Bertz CT molecular complexity index is 5710. The van der Waals surface area contributed by atoms with Gasteiger partial charge in [0.05, 0.1) is 36.5 Å². The number of halogens is 11. The zero-order valence-corrected chi connectivity index (χ0v) is 89.6. The summed E-state index contributed by atoms with van der Waals surface area (Å²) in [5.41, 5.74) is -34.3. The molecule has 12 N–H and O–H groups in total. The number of aliphatic hydroxyl groups excluding tert-OH is 6. The lowest BCUT2D eigenvalue weighted by Gasteiger charge is -2.63. The number of carbonyl (C=O) groups is 11. The predicted molar refractivity (Wildman–Crippen MR) is 532 cm³/mol. The van der Waals surface area contributed by atoms with Crippen LogP contribution in [-0.4, -0.2) is 271 Å². The highest BCUT2D eigenvalue weighted by atomic mass is 32.2. The van der Waals surface area contributed by atoms with Gasteiger partial charge in [0.2, 0.25) is 20.5 Å². The van der Waals surface area contributed by atoms with E-state index in [2.05, 4.69) is 12.6 Å². The zero-order chi connectivity index (χ0) is 111. The molecule has 0 radical (unpaired) electrons. The van der Waals surface area contributed by atoms with E-state index >= 15 is 43.9 Å². The fourth-order valence-corrected chi connectivity index (χ4v) is 38.4. The van der Waals surface area contributed by atoms with E-state index < -0.39 is 333 Å². The number of alkyl halides is 11. The highest BCUT2D eigenvalue weighted by Gasteiger charge is 2.85. The van der Waals surface area contributed by atoms with Crippen molar-refractivity contribution in [1.82, 2.24) is 4.90 Å². The van der Waals surface area contributed by atoms with E-state index in [9.17, 15) is 118 Å². The molecule has 20 rings (SSSR count). The molecule has 0 heterocycles. The number of aliphatic hydroxyl groups is 11. The molecule has 149 heavy (non-hydrogen) atoms. The van der Waals surface area contributed by atoms with Crippen LogP contribution in [-0.2, 0) is 47.9 Å². The highest BCUT2D eigenvalue weighted by Crippen LogP contribution is 2.79. The molecule has 15 saturated carbocycles. The molecule has 0 aliphatic heterocycles. The number of amides is 1. The van der Waals surface area contributed by atoms with Crippen molar-refractivity contribution < 1.29 is 162 Å². The smallest absolute Gasteiger partial charge is 0.336 e. The highest BCUT2D eigenvalue weighted by molar-refractivity contribution is 8.26. The van der Waals surface area contributed by atoms with Crippen LogP contribution < -0.4 is 0 Å². The molecule has 0 spiro atoms. The molecule has 0 aromatic carbocycles. The first kappa shape index (κ1) is 115. The Morgan fingerprint density at radius 1 is 0.342 bits per heavy atom. The lowest BCUT2D eigenvalue weighted by atomic mass is 9.44. The number of thioether (sulfide) groups is 3. The van der Waals surface area contributed by atoms with E-state index in [1.165, 1.54) is 114 Å². The number of carboxylic acid groups (broad SMARTS) is 1. The summed E-state index contributed by atoms with van der Waals surface area (Å²) >= 11 is 5.26. The molecule has 24 nitrogen and oxygen atoms in total. The molecular weight excluding hydrogens is 2040 g/mol. The van der Waals surface area contributed by atoms with Crippen molar-refractivity contribution in [2.45, 2.75) is 318 Å². The van der Waals surface area contributed by atoms with Gasteiger partial charge in [-0.1, -0.05) is 123 Å². The maximum absolute atomic E-state index is 17.1. The van der Waals surface area contributed by atoms with Gasteiger partial charge >= 0.3 is 5.97 Å². The summed E-state index contributed by atoms with van der Waals surface area (Å²) in [5.74, 6) is -14.5. The zero-order valence-electron chi connectivity index (χ0n) is 86.2. The van der Waals surface area contributed by atoms with Crippen molar-refractivity contribution in [3.05, 3.63) is 119 Å². The first-order chi connectivity index (χ1) is 68.6. The second kappa shape index (κ2) is 37.1. The summed E-state index contributed by atoms with van der Waals surface area (Å²) in [7, 11) is 2.99. The average Bonchev–Trinajstić information content (AvgIpc) is 1.61. The van der Waals surface area contributed by atoms with Crippen LogP contribution in [0.3, 0.4) is 0 Å². The van der Waals surface area contributed by atoms with Gasteiger partial charge in [-0.25, -0.2) is 53.1 Å². The SMILES string of the molecule is C[C@@H]1CC2C3C[C@H](F)C4=CC(=O)C=CC4(C)[C@@]3(F)[C@@H](O)CC2(C)[C@@]1(O)C(=O)O.C[C@@H]1CC2C3C[C@H](F)C4=CC(=O)C=CC4(C)[C@@]3(F)[C@@H](O)CC2(C)[C@@]1(O)C(=O)S.C[C@@H]1CC2C3C[C@H](F)C4=CC(=O)C=CC4(C)[C@@]3(F)[C@@H](O)CC2(C)[C@@]1(O)C(=O)SC(=O)N(C)C.C[C@@H]1CC2C3C[C@H](F)C4=CC(=O)C=CC4(C)[C@@]3(F)[C@@H](O)CC2(C)[C@@]1(O)C(=O)SCF.C[C@@H]1CC2C3C[C@H](F)C4=CC(=O)C=CC4(C)[C@@]3(F)[C@@H](O)CC2(C)[C@@]1(O)C(=O)SCO. The van der Waals surface area contributed by atoms with Gasteiger partial charge in [0, 0.05) is 110 Å². The minimum atomic E-state index is -2.27. The van der Waals surface area contributed by atoms with E-state index in [1.54, 1.807) is 69.2 Å². The lowest BCUT2D eigenvalue weighted by Crippen LogP contribution is -2.70. The number of fused-ring (bicyclic) bond motifs is 25. The topological polar surface area (TPSA) is 434 Å². The second-order valence-corrected chi connectivity index (χ2v) is 52.7. The summed E-state index contributed by atoms with van der Waals surface area (Å²) in [6.45, 7) is 24.1. The Kier molecular flexibility index (Phi) is 28.7. The Morgan fingerprint density at radius 3 is 0.752 bits per heavy atom. The van der Waals surface area contributed by atoms with Gasteiger partial charge < -0.3 is 66.2 Å². The van der Waals surface area contributed by atoms with Gasteiger partial charge in [0.25, 0.3) is 5.24 Å². The van der Waals surface area contributed by atoms with Crippen molar-refractivity contribution in [3.8, 4) is 0 Å². The van der Waals surface area contributed by atoms with Gasteiger partial charge in [-0.2, -0.15) is 0 Å². The molecule has 1 amide bonds. The lowest BCUT2D eigenvalue weighted by molar-refractivity contribution is -0.229. The largest absolute Gasteiger partial charge is 0.479 e. The molecule has 20 aliphatic carbocycles. The third kappa shape index (κ3) is 14.7. The predicted octanol–water partition coefficient (Wildman–Crippen LogP) is 14.3. The molecule has 45 atom stereocenters. The van der Waals surface area contributed by atoms with Crippen molar-refractivity contribution in [2.24, 2.45) is 143 Å². The van der Waals surface area contributed by atoms with Gasteiger partial charge in [-0.15, -0.1) is 12.6 Å². The minimum absolute atomic E-state index is 0.0286. The Hall–Kier alpha value is -6.44. The van der Waals surface area contributed by atoms with Gasteiger partial charge in [-0.05, 0) is 279 Å². The molecule has 20 unspecified atom stereocenters. The number of carboxylic acids is 1. The van der Waals surface area contributed by atoms with Crippen LogP contribution in [0.2, 0.25) is 0 Å². The number of aliphatic carboxylic acids is 1. The normalized spacial score (nSPS) is 52.6. The maximum Gasteiger partial charge on any atom is 0.336 e. The minimum Gasteiger partial charge on any atom is -0.479 e. The van der Waals surface area contributed by atoms with Crippen molar-refractivity contribution in [2.75, 3.05) is 26.0 Å². The van der Waals surface area contributed by atoms with E-state index in [0.717, 1.165) is 30.4 Å². The monoisotopic (exact) mass is 2180 g/mol. The van der Waals surface area contributed by atoms with Crippen LogP contribution in [0, 0.1) is 143 Å². The fourth-order valence-electron chi connectivity index (χ4n) is 35.5. The third-order valence-corrected chi connectivity index (χ3v) is 46.3. The number of nitrogens with zero attached hydrogens (tertiary/aromatic N) is 1. The second-order valence-electron chi connectivity index (χ2n) is 49.6. The van der Waals surface area contributed by atoms with Crippen LogP contribution in [0.5, 0.6) is 0 Å². The quantitative estimate of drug-likeness (QED) is 0.0639. The summed E-state index contributed by atoms with van der Waals surface area (Å²) in [6.07, 6.45) is 2.00. The molecular formula is C110H138F11NO23S4. The molecule has 39 heteroatoms. The van der Waals surface area contributed by atoms with Crippen LogP contribution in [0.15, 0.2) is 119 Å². The van der Waals surface area contributed by atoms with E-state index in [4.69, 9.17) is 0 Å². The van der Waals surface area contributed by atoms with E-state index in [-0.39, 0.29) is 111 Å². The van der Waals surface area contributed by atoms with Crippen LogP contribution in [0.25, 0.3) is 0 Å². The summed E-state index contributed by atoms with van der Waals surface area (Å²) in [4.78, 5) is 136. The number of ketones is 5. The van der Waals surface area contributed by atoms with Gasteiger partial charge in [-0.3, -0.25) is 47.9 Å². The van der Waals surface area contributed by atoms with Gasteiger partial charge in [0.1, 0.15) is 59.3 Å². The summed E-state index contributed by atoms with van der Waals surface area (Å²) in [5, 5.41) is 128. The Morgan fingerprint density at radius 2 is 0.544 bits per heavy atom. The number of allylic oxidation sites excluding steroid dienone is 20. The average molecular weight is 2180 g/mol. The number of hydrogen-bond donors (Lipinski definition) is 13. The molecule has 0 aromatic rings. The maximum atomic E-state index is 17.1. The van der Waals surface area contributed by atoms with Crippen molar-refractivity contribution in [3.63, 3.8) is 0 Å². The number of hydrogen-bond acceptors (Lipinski definition) is 25. The standard InChI is InChI=1S/C24H31F2NO5S.C22H27F3O4S.C22H28F2O5S.C21H26F2O5.C21H26F2O4S/c1-12-8-14-15-10-17(25)16-9-13(28)6-7-21(16,2)23(15,26)18(29)11-22(14,3)24(12,32)19(30)33-20(31)27(4)5;1-11-6-13-14-8-16(24)15-7-12(26)4-5-19(15,2)21(14,25)17(27)9-20(13,3)22(11,29)18(28)30-10-23;1-11-6-13-14-8-16(23)15-7-12(26)4-5-19(15,2)21(14,24)17(27)9-20(13,3)22(11,29)18(28)30-10-25;1-10-6-12-13-8-15(22)14-7-11(24)4-5-18(14,2)20(13,23)16(25)9-19(12,3)21(10,28)17(26)27;1-10-6-12-13-8-15(22)14-7-11(24)4-5-18(14,2)20(13,23)16(25)9-19(12,3)21(10,27)17(26)28/h6-7,9,12,14-15,17-18,29,32H,8,10-11H2,1-5H3;4-5,7,11,13-14,16-17,27,29H,6,8-10H2,1-3H3;4-5,7,11,13-14,16-17,25,27,29H,6,8-10H2,1-3H3;4-5,7,10,12-13,15-16,25,28H,6,8-9H2,1-3H3,(H,26,27);4-5,7,10,12-13,15-16,25,27H,6,8-9H2,1-3H3,(H,26,28)/t12-,14?,15?,17+,18+,21?,22?,23+,24+;2*11-,13?,14?,16+,17+,19?,20?,21+,22+;2*10-,12?,13?,15+,16+,18?,19?,20+,21+/m11111/s1. The van der Waals surface area contributed by atoms with E-state index in [1.807, 2.05) is 0 Å². The first-order valence-electron chi connectivity index (χ1n) is 51.4. The van der Waals surface area contributed by atoms with Crippen LogP contribution in [0.4, 0.5) is 53.1 Å². The number of carbonyl (C=O) groups excluding carboxylic acids is 10. The van der Waals surface area contributed by atoms with Gasteiger partial charge in [0.15, 0.2) is 62.9 Å². The van der Waals surface area contributed by atoms with Crippen LogP contribution >= 0.6 is 47.9 Å². The Balaban J connectivity index is 0.000000133. The number of thiol groups is 1. The van der Waals surface area contributed by atoms with Crippen LogP contribution in [0.1, 0.15) is 200 Å². The molecule has 15 fully saturated rings. The third-order valence-electron chi connectivity index (χ3n) is 43.6. The summed E-state index contributed by atoms with van der Waals surface area (Å²) < 4.78 is 174. The first-order valence-corrected chi connectivity index (χ1v) is 54.7.